The predicted molar refractivity (Wildman–Crippen MR) is 116 cm³/mol. The van der Waals surface area contributed by atoms with Gasteiger partial charge in [-0.05, 0) is 53.8 Å². The summed E-state index contributed by atoms with van der Waals surface area (Å²) in [6.45, 7) is 0. The van der Waals surface area contributed by atoms with Gasteiger partial charge in [-0.1, -0.05) is 6.07 Å². The van der Waals surface area contributed by atoms with Gasteiger partial charge in [-0.2, -0.15) is 13.2 Å². The summed E-state index contributed by atoms with van der Waals surface area (Å²) in [4.78, 5) is 47.2. The maximum atomic E-state index is 12.8. The van der Waals surface area contributed by atoms with Gasteiger partial charge in [0.15, 0.2) is 0 Å². The number of anilines is 1. The molecule has 1 aliphatic rings. The minimum atomic E-state index is -4.63. The summed E-state index contributed by atoms with van der Waals surface area (Å²) >= 11 is 0. The number of carboxylic acids is 1. The summed E-state index contributed by atoms with van der Waals surface area (Å²) in [7, 11) is 0. The number of nitrogens with zero attached hydrogens (tertiary/aromatic N) is 3. The highest BCUT2D eigenvalue weighted by Gasteiger charge is 2.32. The van der Waals surface area contributed by atoms with Crippen molar-refractivity contribution >= 4 is 23.6 Å². The number of amides is 2. The van der Waals surface area contributed by atoms with E-state index in [0.717, 1.165) is 29.7 Å². The van der Waals surface area contributed by atoms with Crippen molar-refractivity contribution in [2.75, 3.05) is 5.32 Å². The first kappa shape index (κ1) is 23.8. The predicted octanol–water partition coefficient (Wildman–Crippen LogP) is 3.19. The Balaban J connectivity index is 1.40. The van der Waals surface area contributed by atoms with E-state index < -0.39 is 29.7 Å². The molecular weight excluding hydrogens is 467 g/mol. The average Bonchev–Trinajstić information content (AvgIpc) is 3.20. The maximum absolute atomic E-state index is 12.8. The average molecular weight is 485 g/mol. The van der Waals surface area contributed by atoms with E-state index in [9.17, 15) is 27.6 Å². The molecule has 0 fully saturated rings. The molecule has 0 radical (unpaired) electrons. The first-order valence-electron chi connectivity index (χ1n) is 10.4. The zero-order valence-corrected chi connectivity index (χ0v) is 18.0. The van der Waals surface area contributed by atoms with Gasteiger partial charge in [0, 0.05) is 12.3 Å². The van der Waals surface area contributed by atoms with E-state index in [-0.39, 0.29) is 35.1 Å². The lowest BCUT2D eigenvalue weighted by Crippen LogP contribution is -2.28. The molecule has 0 saturated carbocycles. The molecule has 180 valence electrons. The third-order valence-electron chi connectivity index (χ3n) is 5.42. The molecule has 3 aromatic rings. The fourth-order valence-corrected chi connectivity index (χ4v) is 3.79. The number of pyridine rings is 1. The van der Waals surface area contributed by atoms with Crippen molar-refractivity contribution in [1.29, 1.82) is 0 Å². The van der Waals surface area contributed by atoms with Gasteiger partial charge in [-0.25, -0.2) is 14.8 Å². The van der Waals surface area contributed by atoms with Crippen LogP contribution in [0.1, 0.15) is 55.7 Å². The molecule has 0 spiro atoms. The summed E-state index contributed by atoms with van der Waals surface area (Å²) in [5.41, 5.74) is 0.832. The van der Waals surface area contributed by atoms with Crippen LogP contribution < -0.4 is 10.6 Å². The SMILES string of the molecule is O=C(Cc1ccnc(C(F)(F)F)c1)Nc1cc(C(=O)N[C@H]2CCc3cc(C(=O)O)ccc32)ncn1. The molecule has 2 aromatic heterocycles. The van der Waals surface area contributed by atoms with Crippen LogP contribution in [0.25, 0.3) is 0 Å². The van der Waals surface area contributed by atoms with Crippen LogP contribution >= 0.6 is 0 Å². The van der Waals surface area contributed by atoms with E-state index in [1.54, 1.807) is 12.1 Å². The zero-order valence-electron chi connectivity index (χ0n) is 18.0. The third kappa shape index (κ3) is 5.60. The Kier molecular flexibility index (Phi) is 6.45. The minimum absolute atomic E-state index is 0.0122. The number of carbonyl (C=O) groups excluding carboxylic acids is 2. The van der Waals surface area contributed by atoms with Crippen LogP contribution in [-0.4, -0.2) is 37.8 Å². The molecule has 1 aromatic carbocycles. The molecule has 2 amide bonds. The summed E-state index contributed by atoms with van der Waals surface area (Å²) in [6.07, 6.45) is -1.72. The monoisotopic (exact) mass is 485 g/mol. The van der Waals surface area contributed by atoms with Crippen molar-refractivity contribution in [1.82, 2.24) is 20.3 Å². The van der Waals surface area contributed by atoms with E-state index in [2.05, 4.69) is 25.6 Å². The fourth-order valence-electron chi connectivity index (χ4n) is 3.79. The lowest BCUT2D eigenvalue weighted by molar-refractivity contribution is -0.141. The van der Waals surface area contributed by atoms with Gasteiger partial charge in [0.1, 0.15) is 23.5 Å². The second kappa shape index (κ2) is 9.49. The topological polar surface area (TPSA) is 134 Å². The number of hydrogen-bond donors (Lipinski definition) is 3. The van der Waals surface area contributed by atoms with Crippen LogP contribution in [0, 0.1) is 0 Å². The first-order chi connectivity index (χ1) is 16.6. The number of aromatic carboxylic acids is 1. The molecule has 1 atom stereocenters. The minimum Gasteiger partial charge on any atom is -0.478 e. The van der Waals surface area contributed by atoms with Crippen LogP contribution in [0.5, 0.6) is 0 Å². The second-order valence-corrected chi connectivity index (χ2v) is 7.84. The highest BCUT2D eigenvalue weighted by atomic mass is 19.4. The van der Waals surface area contributed by atoms with Gasteiger partial charge >= 0.3 is 12.1 Å². The molecule has 4 rings (SSSR count). The Morgan fingerprint density at radius 1 is 1.06 bits per heavy atom. The molecule has 0 aliphatic heterocycles. The number of aromatic nitrogens is 3. The van der Waals surface area contributed by atoms with Crippen molar-refractivity contribution in [3.63, 3.8) is 0 Å². The smallest absolute Gasteiger partial charge is 0.433 e. The highest BCUT2D eigenvalue weighted by Crippen LogP contribution is 2.32. The van der Waals surface area contributed by atoms with Gasteiger partial charge in [0.25, 0.3) is 5.91 Å². The van der Waals surface area contributed by atoms with Crippen molar-refractivity contribution in [2.24, 2.45) is 0 Å². The lowest BCUT2D eigenvalue weighted by atomic mass is 10.0. The Morgan fingerprint density at radius 2 is 1.86 bits per heavy atom. The number of rotatable bonds is 6. The van der Waals surface area contributed by atoms with Crippen molar-refractivity contribution in [2.45, 2.75) is 31.5 Å². The summed E-state index contributed by atoms with van der Waals surface area (Å²) in [5, 5.41) is 14.4. The number of carbonyl (C=O) groups is 3. The van der Waals surface area contributed by atoms with E-state index >= 15 is 0 Å². The van der Waals surface area contributed by atoms with Crippen molar-refractivity contribution < 1.29 is 32.7 Å². The number of hydrogen-bond acceptors (Lipinski definition) is 6. The second-order valence-electron chi connectivity index (χ2n) is 7.84. The zero-order chi connectivity index (χ0) is 25.2. The molecule has 12 heteroatoms. The van der Waals surface area contributed by atoms with E-state index in [1.807, 2.05) is 0 Å². The number of aryl methyl sites for hydroxylation is 1. The summed E-state index contributed by atoms with van der Waals surface area (Å²) in [5.74, 6) is -2.17. The maximum Gasteiger partial charge on any atom is 0.433 e. The highest BCUT2D eigenvalue weighted by molar-refractivity contribution is 5.95. The summed E-state index contributed by atoms with van der Waals surface area (Å²) < 4.78 is 38.4. The fraction of sp³-hybridized carbons (Fsp3) is 0.217. The van der Waals surface area contributed by atoms with Crippen LogP contribution in [0.2, 0.25) is 0 Å². The van der Waals surface area contributed by atoms with E-state index in [0.29, 0.717) is 12.8 Å². The molecule has 0 unspecified atom stereocenters. The van der Waals surface area contributed by atoms with Crippen molar-refractivity contribution in [3.8, 4) is 0 Å². The number of carboxylic acid groups (broad SMARTS) is 1. The third-order valence-corrected chi connectivity index (χ3v) is 5.42. The van der Waals surface area contributed by atoms with Gasteiger partial charge in [0.05, 0.1) is 18.0 Å². The first-order valence-corrected chi connectivity index (χ1v) is 10.4. The standard InChI is InChI=1S/C23H18F3N5O4/c24-23(25,26)18-7-12(5-6-27-18)8-20(32)31-19-10-17(28-11-29-19)21(33)30-16-4-2-13-9-14(22(34)35)1-3-15(13)16/h1,3,5-7,9-11,16H,2,4,8H2,(H,30,33)(H,34,35)(H,28,29,31,32)/t16-/m0/s1. The molecular formula is C23H18F3N5O4. The van der Waals surface area contributed by atoms with E-state index in [1.165, 1.54) is 18.2 Å². The normalized spacial score (nSPS) is 14.8. The number of nitrogens with one attached hydrogen (secondary N) is 2. The Hall–Kier alpha value is -4.35. The van der Waals surface area contributed by atoms with Crippen LogP contribution in [-0.2, 0) is 23.8 Å². The molecule has 9 nitrogen and oxygen atoms in total. The van der Waals surface area contributed by atoms with Crippen LogP contribution in [0.4, 0.5) is 19.0 Å². The largest absolute Gasteiger partial charge is 0.478 e. The van der Waals surface area contributed by atoms with Gasteiger partial charge in [-0.3, -0.25) is 14.6 Å². The summed E-state index contributed by atoms with van der Waals surface area (Å²) in [6, 6.07) is 7.75. The van der Waals surface area contributed by atoms with E-state index in [4.69, 9.17) is 5.11 Å². The van der Waals surface area contributed by atoms with Crippen LogP contribution in [0.15, 0.2) is 48.9 Å². The molecule has 0 saturated heterocycles. The Bertz CT molecular complexity index is 1310. The number of halogens is 3. The van der Waals surface area contributed by atoms with Gasteiger partial charge in [-0.15, -0.1) is 0 Å². The van der Waals surface area contributed by atoms with Gasteiger partial charge in [0.2, 0.25) is 5.91 Å². The van der Waals surface area contributed by atoms with Gasteiger partial charge < -0.3 is 15.7 Å². The van der Waals surface area contributed by atoms with Crippen molar-refractivity contribution in [3.05, 3.63) is 82.6 Å². The Labute approximate surface area is 196 Å². The molecule has 0 bridgehead atoms. The lowest BCUT2D eigenvalue weighted by Gasteiger charge is -2.14. The molecule has 1 aliphatic carbocycles. The van der Waals surface area contributed by atoms with Crippen LogP contribution in [0.3, 0.4) is 0 Å². The number of fused-ring (bicyclic) bond motifs is 1. The Morgan fingerprint density at radius 3 is 2.60 bits per heavy atom. The molecule has 2 heterocycles. The molecule has 3 N–H and O–H groups in total. The number of benzene rings is 1. The quantitative estimate of drug-likeness (QED) is 0.488. The molecule has 35 heavy (non-hydrogen) atoms. The number of alkyl halides is 3.